The van der Waals surface area contributed by atoms with Crippen LogP contribution in [0.1, 0.15) is 116 Å². The van der Waals surface area contributed by atoms with E-state index >= 15 is 0 Å². The molecule has 0 aromatic heterocycles. The van der Waals surface area contributed by atoms with E-state index in [9.17, 15) is 28.8 Å². The van der Waals surface area contributed by atoms with Gasteiger partial charge in [0, 0.05) is 38.5 Å². The Morgan fingerprint density at radius 2 is 0.381 bits per heavy atom. The van der Waals surface area contributed by atoms with Gasteiger partial charge in [-0.1, -0.05) is 0 Å². The highest BCUT2D eigenvalue weighted by Gasteiger charge is 2.10. The van der Waals surface area contributed by atoms with Gasteiger partial charge in [0.2, 0.25) is 0 Å². The smallest absolute Gasteiger partial charge is 0.305 e. The molecule has 1 aliphatic rings. The highest BCUT2D eigenvalue weighted by Crippen LogP contribution is 2.08. The maximum atomic E-state index is 11.8. The number of rotatable bonds is 0. The lowest BCUT2D eigenvalue weighted by atomic mass is 10.2. The lowest BCUT2D eigenvalue weighted by molar-refractivity contribution is -0.147. The van der Waals surface area contributed by atoms with Gasteiger partial charge in [0.15, 0.2) is 0 Å². The van der Waals surface area contributed by atoms with E-state index in [0.29, 0.717) is 77.0 Å². The van der Waals surface area contributed by atoms with Crippen LogP contribution in [-0.4, -0.2) is 75.5 Å². The maximum absolute atomic E-state index is 11.8. The summed E-state index contributed by atoms with van der Waals surface area (Å²) < 4.78 is 30.9. The first-order chi connectivity index (χ1) is 20.4. The first-order valence-electron chi connectivity index (χ1n) is 15.3. The largest absolute Gasteiger partial charge is 0.466 e. The summed E-state index contributed by atoms with van der Waals surface area (Å²) in [7, 11) is 0. The third-order valence-electron chi connectivity index (χ3n) is 6.23. The zero-order valence-corrected chi connectivity index (χ0v) is 24.9. The number of carbonyl (C=O) groups is 6. The van der Waals surface area contributed by atoms with Gasteiger partial charge < -0.3 is 28.4 Å². The predicted octanol–water partition coefficient (Wildman–Crippen LogP) is 4.28. The second-order valence-electron chi connectivity index (χ2n) is 10.1. The van der Waals surface area contributed by atoms with Crippen LogP contribution >= 0.6 is 0 Å². The molecular formula is C30H48O12. The van der Waals surface area contributed by atoms with Crippen LogP contribution in [0.25, 0.3) is 0 Å². The molecule has 1 fully saturated rings. The van der Waals surface area contributed by atoms with Gasteiger partial charge >= 0.3 is 35.8 Å². The van der Waals surface area contributed by atoms with E-state index in [1.807, 2.05) is 0 Å². The predicted molar refractivity (Wildman–Crippen MR) is 149 cm³/mol. The lowest BCUT2D eigenvalue weighted by Crippen LogP contribution is -2.11. The molecule has 0 N–H and O–H groups in total. The molecule has 240 valence electrons. The number of cyclic esters (lactones) is 6. The third-order valence-corrected chi connectivity index (χ3v) is 6.23. The molecule has 0 amide bonds. The number of hydrogen-bond acceptors (Lipinski definition) is 12. The zero-order valence-electron chi connectivity index (χ0n) is 24.9. The molecule has 1 saturated heterocycles. The maximum Gasteiger partial charge on any atom is 0.305 e. The van der Waals surface area contributed by atoms with Crippen molar-refractivity contribution in [3.63, 3.8) is 0 Å². The van der Waals surface area contributed by atoms with Crippen molar-refractivity contribution in [3.05, 3.63) is 0 Å². The fraction of sp³-hybridized carbons (Fsp3) is 0.800. The third kappa shape index (κ3) is 23.5. The zero-order chi connectivity index (χ0) is 30.7. The summed E-state index contributed by atoms with van der Waals surface area (Å²) in [5, 5.41) is 0. The van der Waals surface area contributed by atoms with Gasteiger partial charge in [0.1, 0.15) is 0 Å². The van der Waals surface area contributed by atoms with Crippen molar-refractivity contribution in [2.75, 3.05) is 39.6 Å². The van der Waals surface area contributed by atoms with Crippen LogP contribution in [0.2, 0.25) is 0 Å². The molecule has 0 aromatic rings. The monoisotopic (exact) mass is 600 g/mol. The van der Waals surface area contributed by atoms with E-state index in [2.05, 4.69) is 0 Å². The quantitative estimate of drug-likeness (QED) is 0.287. The number of hydrogen-bond donors (Lipinski definition) is 0. The first-order valence-corrected chi connectivity index (χ1v) is 15.3. The summed E-state index contributed by atoms with van der Waals surface area (Å²) in [5.74, 6) is -2.00. The molecule has 42 heavy (non-hydrogen) atoms. The summed E-state index contributed by atoms with van der Waals surface area (Å²) in [6, 6.07) is 0. The van der Waals surface area contributed by atoms with Gasteiger partial charge in [0.25, 0.3) is 0 Å². The second kappa shape index (κ2) is 25.5. The first kappa shape index (κ1) is 36.8. The average Bonchev–Trinajstić information content (AvgIpc) is 2.96. The van der Waals surface area contributed by atoms with Crippen LogP contribution in [0.5, 0.6) is 0 Å². The van der Waals surface area contributed by atoms with E-state index < -0.39 is 0 Å². The molecule has 1 rings (SSSR count). The van der Waals surface area contributed by atoms with Crippen LogP contribution in [0.3, 0.4) is 0 Å². The van der Waals surface area contributed by atoms with Gasteiger partial charge in [-0.05, 0) is 77.0 Å². The van der Waals surface area contributed by atoms with Crippen molar-refractivity contribution in [2.24, 2.45) is 0 Å². The van der Waals surface area contributed by atoms with Crippen molar-refractivity contribution in [3.8, 4) is 0 Å². The number of carbonyl (C=O) groups excluding carboxylic acids is 6. The molecule has 0 aliphatic carbocycles. The Balaban J connectivity index is 2.31. The van der Waals surface area contributed by atoms with E-state index in [-0.39, 0.29) is 114 Å². The normalized spacial score (nSPS) is 21.4. The second-order valence-corrected chi connectivity index (χ2v) is 10.1. The lowest BCUT2D eigenvalue weighted by Gasteiger charge is -2.08. The van der Waals surface area contributed by atoms with Crippen molar-refractivity contribution in [1.82, 2.24) is 0 Å². The molecule has 0 atom stereocenters. The summed E-state index contributed by atoms with van der Waals surface area (Å²) in [6.45, 7) is 1.42. The molecule has 12 nitrogen and oxygen atoms in total. The Morgan fingerprint density at radius 3 is 0.524 bits per heavy atom. The van der Waals surface area contributed by atoms with Crippen molar-refractivity contribution in [2.45, 2.75) is 116 Å². The summed E-state index contributed by atoms with van der Waals surface area (Å²) in [5.41, 5.74) is 0. The number of esters is 6. The summed E-state index contributed by atoms with van der Waals surface area (Å²) >= 11 is 0. The van der Waals surface area contributed by atoms with Crippen LogP contribution in [0, 0.1) is 0 Å². The fourth-order valence-electron chi connectivity index (χ4n) is 3.78. The minimum Gasteiger partial charge on any atom is -0.466 e. The Hall–Kier alpha value is -3.18. The summed E-state index contributed by atoms with van der Waals surface area (Å²) in [6.07, 6.45) is 7.78. The Kier molecular flexibility index (Phi) is 22.4. The molecular weight excluding hydrogens is 552 g/mol. The standard InChI is InChI=1S/C30H48O12/c31-25-13-1-2-14-26(32)38-20-9-10-22-40-28(34)16-5-6-18-30(36)42-24-12-11-23-41-29(35)17-4-3-15-27(33)39-21-8-7-19-37-25/h1-24H2. The van der Waals surface area contributed by atoms with Crippen LogP contribution < -0.4 is 0 Å². The molecule has 0 aromatic carbocycles. The molecule has 0 radical (unpaired) electrons. The van der Waals surface area contributed by atoms with Crippen LogP contribution in [-0.2, 0) is 57.2 Å². The highest BCUT2D eigenvalue weighted by molar-refractivity contribution is 5.72. The molecule has 0 unspecified atom stereocenters. The molecule has 0 spiro atoms. The van der Waals surface area contributed by atoms with E-state index in [1.54, 1.807) is 0 Å². The van der Waals surface area contributed by atoms with Gasteiger partial charge in [-0.15, -0.1) is 0 Å². The average molecular weight is 601 g/mol. The van der Waals surface area contributed by atoms with Crippen LogP contribution in [0.4, 0.5) is 0 Å². The molecule has 0 saturated carbocycles. The van der Waals surface area contributed by atoms with Crippen LogP contribution in [0.15, 0.2) is 0 Å². The molecule has 12 heteroatoms. The van der Waals surface area contributed by atoms with Gasteiger partial charge in [-0.2, -0.15) is 0 Å². The Labute approximate surface area is 248 Å². The minimum atomic E-state index is -0.334. The van der Waals surface area contributed by atoms with Gasteiger partial charge in [0.05, 0.1) is 39.6 Å². The Morgan fingerprint density at radius 1 is 0.238 bits per heavy atom. The highest BCUT2D eigenvalue weighted by atomic mass is 16.6. The molecule has 0 bridgehead atoms. The van der Waals surface area contributed by atoms with E-state index in [0.717, 1.165) is 0 Å². The Bertz CT molecular complexity index is 640. The van der Waals surface area contributed by atoms with Gasteiger partial charge in [-0.25, -0.2) is 0 Å². The summed E-state index contributed by atoms with van der Waals surface area (Å²) in [4.78, 5) is 70.9. The van der Waals surface area contributed by atoms with E-state index in [4.69, 9.17) is 28.4 Å². The number of ether oxygens (including phenoxy) is 6. The van der Waals surface area contributed by atoms with Gasteiger partial charge in [-0.3, -0.25) is 28.8 Å². The topological polar surface area (TPSA) is 158 Å². The van der Waals surface area contributed by atoms with Crippen molar-refractivity contribution in [1.29, 1.82) is 0 Å². The molecule has 1 aliphatic heterocycles. The fourth-order valence-corrected chi connectivity index (χ4v) is 3.78. The minimum absolute atomic E-state index is 0.214. The van der Waals surface area contributed by atoms with Crippen molar-refractivity contribution >= 4 is 35.8 Å². The SMILES string of the molecule is O=C1CCCCC(=O)OCCCCOC(=O)CCCCC(=O)OCCCCOC(=O)CCCCC(=O)OCCCCO1. The van der Waals surface area contributed by atoms with Crippen molar-refractivity contribution < 1.29 is 57.2 Å². The molecule has 1 heterocycles. The van der Waals surface area contributed by atoms with E-state index in [1.165, 1.54) is 0 Å².